The predicted molar refractivity (Wildman–Crippen MR) is 72.0 cm³/mol. The Morgan fingerprint density at radius 1 is 1.48 bits per heavy atom. The molecular weight excluding hydrogens is 274 g/mol. The molecule has 1 N–H and O–H groups in total. The molecule has 0 unspecified atom stereocenters. The number of furan rings is 1. The minimum Gasteiger partial charge on any atom is -0.443 e. The standard InChI is InChI=1S/C14H15N3O4/c1-14(2,19)7-6-10-4-5-11(21-10)13(18)17(3)8-12-15-9-20-16-12/h4-5,9,19H,8H2,1-3H3. The first-order valence-corrected chi connectivity index (χ1v) is 6.21. The van der Waals surface area contributed by atoms with Gasteiger partial charge in [0.15, 0.2) is 17.3 Å². The van der Waals surface area contributed by atoms with E-state index in [0.29, 0.717) is 11.6 Å². The minimum absolute atomic E-state index is 0.154. The van der Waals surface area contributed by atoms with Crippen LogP contribution in [0.25, 0.3) is 0 Å². The van der Waals surface area contributed by atoms with Gasteiger partial charge in [0.2, 0.25) is 6.39 Å². The van der Waals surface area contributed by atoms with E-state index in [1.54, 1.807) is 27.0 Å². The Morgan fingerprint density at radius 3 is 2.86 bits per heavy atom. The van der Waals surface area contributed by atoms with Crippen LogP contribution in [-0.4, -0.2) is 38.7 Å². The molecule has 0 aliphatic heterocycles. The second-order valence-corrected chi connectivity index (χ2v) is 4.98. The number of hydrogen-bond acceptors (Lipinski definition) is 6. The Balaban J connectivity index is 2.06. The van der Waals surface area contributed by atoms with Crippen molar-refractivity contribution < 1.29 is 18.8 Å². The van der Waals surface area contributed by atoms with E-state index in [2.05, 4.69) is 26.5 Å². The number of nitrogens with zero attached hydrogens (tertiary/aromatic N) is 3. The van der Waals surface area contributed by atoms with Crippen molar-refractivity contribution >= 4 is 5.91 Å². The first-order chi connectivity index (χ1) is 9.85. The number of carbonyl (C=O) groups is 1. The number of carbonyl (C=O) groups excluding carboxylic acids is 1. The summed E-state index contributed by atoms with van der Waals surface area (Å²) in [5, 5.41) is 13.1. The summed E-state index contributed by atoms with van der Waals surface area (Å²) in [7, 11) is 1.60. The lowest BCUT2D eigenvalue weighted by Crippen LogP contribution is -2.26. The summed E-state index contributed by atoms with van der Waals surface area (Å²) in [5.74, 6) is 5.82. The summed E-state index contributed by atoms with van der Waals surface area (Å²) in [6.07, 6.45) is 1.20. The Bertz CT molecular complexity index is 671. The molecule has 0 aliphatic carbocycles. The summed E-state index contributed by atoms with van der Waals surface area (Å²) >= 11 is 0. The molecule has 0 spiro atoms. The Labute approximate surface area is 121 Å². The molecule has 7 heteroatoms. The van der Waals surface area contributed by atoms with Gasteiger partial charge in [-0.25, -0.2) is 0 Å². The molecule has 1 amide bonds. The molecular formula is C14H15N3O4. The zero-order valence-electron chi connectivity index (χ0n) is 12.0. The molecule has 21 heavy (non-hydrogen) atoms. The van der Waals surface area contributed by atoms with Crippen LogP contribution in [0.4, 0.5) is 0 Å². The number of rotatable bonds is 3. The highest BCUT2D eigenvalue weighted by atomic mass is 16.5. The molecule has 0 radical (unpaired) electrons. The second-order valence-electron chi connectivity index (χ2n) is 4.98. The maximum Gasteiger partial charge on any atom is 0.289 e. The first kappa shape index (κ1) is 14.8. The van der Waals surface area contributed by atoms with Crippen molar-refractivity contribution in [2.75, 3.05) is 7.05 Å². The van der Waals surface area contributed by atoms with Gasteiger partial charge < -0.3 is 18.9 Å². The van der Waals surface area contributed by atoms with Gasteiger partial charge in [-0.1, -0.05) is 11.1 Å². The van der Waals surface area contributed by atoms with Crippen LogP contribution in [0.3, 0.4) is 0 Å². The van der Waals surface area contributed by atoms with Crippen molar-refractivity contribution in [2.45, 2.75) is 26.0 Å². The SMILES string of the molecule is CN(Cc1ncon1)C(=O)c1ccc(C#CC(C)(C)O)o1. The quantitative estimate of drug-likeness (QED) is 0.849. The van der Waals surface area contributed by atoms with Crippen molar-refractivity contribution in [3.05, 3.63) is 35.9 Å². The highest BCUT2D eigenvalue weighted by molar-refractivity contribution is 5.91. The molecule has 0 aromatic carbocycles. The Morgan fingerprint density at radius 2 is 2.24 bits per heavy atom. The molecule has 2 aromatic heterocycles. The van der Waals surface area contributed by atoms with Crippen molar-refractivity contribution in [2.24, 2.45) is 0 Å². The van der Waals surface area contributed by atoms with E-state index in [4.69, 9.17) is 4.42 Å². The maximum absolute atomic E-state index is 12.1. The minimum atomic E-state index is -1.12. The molecule has 2 heterocycles. The lowest BCUT2D eigenvalue weighted by atomic mass is 10.1. The van der Waals surface area contributed by atoms with Gasteiger partial charge in [0.05, 0.1) is 6.54 Å². The molecule has 0 saturated carbocycles. The number of hydrogen-bond donors (Lipinski definition) is 1. The summed E-state index contributed by atoms with van der Waals surface area (Å²) < 4.78 is 9.95. The first-order valence-electron chi connectivity index (χ1n) is 6.21. The van der Waals surface area contributed by atoms with Crippen LogP contribution in [0, 0.1) is 11.8 Å². The Hall–Kier alpha value is -2.59. The lowest BCUT2D eigenvalue weighted by Gasteiger charge is -2.12. The van der Waals surface area contributed by atoms with E-state index in [1.165, 1.54) is 17.4 Å². The fraction of sp³-hybridized carbons (Fsp3) is 0.357. The number of amides is 1. The zero-order chi connectivity index (χ0) is 15.5. The average Bonchev–Trinajstić information content (AvgIpc) is 3.05. The van der Waals surface area contributed by atoms with Gasteiger partial charge >= 0.3 is 0 Å². The van der Waals surface area contributed by atoms with Gasteiger partial charge in [0, 0.05) is 7.05 Å². The van der Waals surface area contributed by atoms with Gasteiger partial charge in [0.25, 0.3) is 5.91 Å². The van der Waals surface area contributed by atoms with Crippen LogP contribution in [0.15, 0.2) is 27.5 Å². The molecule has 0 bridgehead atoms. The monoisotopic (exact) mass is 289 g/mol. The maximum atomic E-state index is 12.1. The third-order valence-corrected chi connectivity index (χ3v) is 2.44. The van der Waals surface area contributed by atoms with E-state index < -0.39 is 5.60 Å². The van der Waals surface area contributed by atoms with Crippen LogP contribution < -0.4 is 0 Å². The lowest BCUT2D eigenvalue weighted by molar-refractivity contribution is 0.0748. The van der Waals surface area contributed by atoms with Crippen molar-refractivity contribution in [3.8, 4) is 11.8 Å². The van der Waals surface area contributed by atoms with Crippen molar-refractivity contribution in [3.63, 3.8) is 0 Å². The van der Waals surface area contributed by atoms with Crippen LogP contribution >= 0.6 is 0 Å². The molecule has 110 valence electrons. The van der Waals surface area contributed by atoms with Crippen molar-refractivity contribution in [1.29, 1.82) is 0 Å². The van der Waals surface area contributed by atoms with E-state index >= 15 is 0 Å². The fourth-order valence-corrected chi connectivity index (χ4v) is 1.47. The number of aliphatic hydroxyl groups is 1. The van der Waals surface area contributed by atoms with E-state index in [1.807, 2.05) is 0 Å². The molecule has 2 aromatic rings. The molecule has 0 fully saturated rings. The fourth-order valence-electron chi connectivity index (χ4n) is 1.47. The molecule has 0 aliphatic rings. The predicted octanol–water partition coefficient (Wildman–Crippen LogP) is 1.06. The smallest absolute Gasteiger partial charge is 0.289 e. The van der Waals surface area contributed by atoms with Crippen LogP contribution in [0.5, 0.6) is 0 Å². The average molecular weight is 289 g/mol. The van der Waals surface area contributed by atoms with Crippen LogP contribution in [-0.2, 0) is 6.54 Å². The van der Waals surface area contributed by atoms with Crippen molar-refractivity contribution in [1.82, 2.24) is 15.0 Å². The van der Waals surface area contributed by atoms with E-state index in [9.17, 15) is 9.90 Å². The molecule has 0 atom stereocenters. The van der Waals surface area contributed by atoms with Gasteiger partial charge in [-0.15, -0.1) is 0 Å². The third kappa shape index (κ3) is 4.19. The van der Waals surface area contributed by atoms with Gasteiger partial charge in [-0.05, 0) is 31.9 Å². The van der Waals surface area contributed by atoms with Gasteiger partial charge in [0.1, 0.15) is 5.60 Å². The molecule has 0 saturated heterocycles. The zero-order valence-corrected chi connectivity index (χ0v) is 12.0. The van der Waals surface area contributed by atoms with Crippen LogP contribution in [0.2, 0.25) is 0 Å². The van der Waals surface area contributed by atoms with E-state index in [-0.39, 0.29) is 18.2 Å². The topological polar surface area (TPSA) is 92.6 Å². The van der Waals surface area contributed by atoms with Gasteiger partial charge in [-0.3, -0.25) is 4.79 Å². The normalized spacial score (nSPS) is 10.9. The van der Waals surface area contributed by atoms with Crippen LogP contribution in [0.1, 0.15) is 36.0 Å². The summed E-state index contributed by atoms with van der Waals surface area (Å²) in [6, 6.07) is 3.11. The highest BCUT2D eigenvalue weighted by Gasteiger charge is 2.17. The Kier molecular flexibility index (Phi) is 4.10. The summed E-state index contributed by atoms with van der Waals surface area (Å²) in [6.45, 7) is 3.34. The second kappa shape index (κ2) is 5.81. The number of aromatic nitrogens is 2. The molecule has 2 rings (SSSR count). The largest absolute Gasteiger partial charge is 0.443 e. The summed E-state index contributed by atoms with van der Waals surface area (Å²) in [4.78, 5) is 17.4. The highest BCUT2D eigenvalue weighted by Crippen LogP contribution is 2.11. The van der Waals surface area contributed by atoms with E-state index in [0.717, 1.165) is 0 Å². The van der Waals surface area contributed by atoms with Gasteiger partial charge in [-0.2, -0.15) is 4.98 Å². The molecule has 7 nitrogen and oxygen atoms in total. The third-order valence-electron chi connectivity index (χ3n) is 2.44. The summed E-state index contributed by atoms with van der Waals surface area (Å²) in [5.41, 5.74) is -1.12.